The van der Waals surface area contributed by atoms with Gasteiger partial charge in [-0.1, -0.05) is 22.6 Å². The van der Waals surface area contributed by atoms with E-state index in [1.807, 2.05) is 18.9 Å². The minimum atomic E-state index is -4.61. The Labute approximate surface area is 243 Å². The third-order valence-electron chi connectivity index (χ3n) is 6.60. The van der Waals surface area contributed by atoms with Gasteiger partial charge in [-0.15, -0.1) is 5.10 Å². The van der Waals surface area contributed by atoms with Crippen LogP contribution in [0.2, 0.25) is 0 Å². The minimum absolute atomic E-state index is 0.0158. The first-order valence-electron chi connectivity index (χ1n) is 13.1. The van der Waals surface area contributed by atoms with Crippen LogP contribution < -0.4 is 10.6 Å². The highest BCUT2D eigenvalue weighted by Gasteiger charge is 2.31. The lowest BCUT2D eigenvalue weighted by Crippen LogP contribution is -2.31. The molecule has 2 amide bonds. The van der Waals surface area contributed by atoms with Crippen molar-refractivity contribution in [3.63, 3.8) is 0 Å². The molecule has 2 aromatic heterocycles. The first kappa shape index (κ1) is 28.9. The van der Waals surface area contributed by atoms with Crippen molar-refractivity contribution in [2.75, 3.05) is 24.2 Å². The number of alkyl halides is 3. The van der Waals surface area contributed by atoms with E-state index in [1.54, 1.807) is 30.6 Å². The first-order chi connectivity index (χ1) is 20.0. The average molecular weight is 597 g/mol. The van der Waals surface area contributed by atoms with Crippen molar-refractivity contribution in [2.24, 2.45) is 4.99 Å². The molecular weight excluding hydrogens is 569 g/mol. The van der Waals surface area contributed by atoms with Gasteiger partial charge >= 0.3 is 6.18 Å². The Morgan fingerprint density at radius 3 is 2.64 bits per heavy atom. The molecule has 0 unspecified atom stereocenters. The minimum Gasteiger partial charge on any atom is -0.363 e. The molecule has 42 heavy (non-hydrogen) atoms. The molecule has 0 atom stereocenters. The second-order valence-corrected chi connectivity index (χ2v) is 10.9. The van der Waals surface area contributed by atoms with E-state index in [0.717, 1.165) is 37.1 Å². The molecule has 0 aliphatic carbocycles. The summed E-state index contributed by atoms with van der Waals surface area (Å²) in [6.07, 6.45) is 1.20. The lowest BCUT2D eigenvalue weighted by molar-refractivity contribution is -0.137. The van der Waals surface area contributed by atoms with E-state index in [1.165, 1.54) is 29.0 Å². The number of carbonyl (C=O) groups excluding carboxylic acids is 2. The summed E-state index contributed by atoms with van der Waals surface area (Å²) in [5.74, 6) is -0.124. The molecule has 3 heterocycles. The smallest absolute Gasteiger partial charge is 0.363 e. The van der Waals surface area contributed by atoms with Crippen molar-refractivity contribution in [1.82, 2.24) is 24.9 Å². The van der Waals surface area contributed by atoms with E-state index in [4.69, 9.17) is 0 Å². The van der Waals surface area contributed by atoms with Gasteiger partial charge < -0.3 is 15.5 Å². The summed E-state index contributed by atoms with van der Waals surface area (Å²) in [7, 11) is 1.86. The van der Waals surface area contributed by atoms with Crippen molar-refractivity contribution in [3.8, 4) is 16.3 Å². The SMILES string of the molecule is CC(=O)Nc1ncc(-c2cn(-c3cc(C(=O)Nc4cc(/N=C5\CCCCN5C)cc(C(F)(F)F)c4)ccc3C)nn2)s1. The van der Waals surface area contributed by atoms with Crippen LogP contribution in [-0.2, 0) is 11.0 Å². The fraction of sp³-hybridized carbons (Fsp3) is 0.286. The predicted octanol–water partition coefficient (Wildman–Crippen LogP) is 6.07. The molecule has 2 aromatic carbocycles. The molecule has 1 aliphatic heterocycles. The molecule has 1 saturated heterocycles. The number of hydrogen-bond acceptors (Lipinski definition) is 7. The van der Waals surface area contributed by atoms with Gasteiger partial charge in [0.2, 0.25) is 5.91 Å². The van der Waals surface area contributed by atoms with E-state index in [2.05, 4.69) is 30.9 Å². The normalized spacial score (nSPS) is 14.7. The fourth-order valence-electron chi connectivity index (χ4n) is 4.45. The van der Waals surface area contributed by atoms with Crippen LogP contribution >= 0.6 is 11.3 Å². The molecule has 0 radical (unpaired) electrons. The number of aromatic nitrogens is 4. The average Bonchev–Trinajstić information content (AvgIpc) is 3.59. The van der Waals surface area contributed by atoms with Gasteiger partial charge in [0.25, 0.3) is 5.91 Å². The number of piperidine rings is 1. The van der Waals surface area contributed by atoms with E-state index in [-0.39, 0.29) is 22.8 Å². The molecule has 4 aromatic rings. The topological polar surface area (TPSA) is 117 Å². The summed E-state index contributed by atoms with van der Waals surface area (Å²) < 4.78 is 42.7. The van der Waals surface area contributed by atoms with Crippen LogP contribution in [0.25, 0.3) is 16.3 Å². The van der Waals surface area contributed by atoms with Gasteiger partial charge in [0, 0.05) is 44.4 Å². The molecule has 1 aliphatic rings. The number of halogens is 3. The lowest BCUT2D eigenvalue weighted by atomic mass is 10.1. The first-order valence-corrected chi connectivity index (χ1v) is 13.9. The van der Waals surface area contributed by atoms with Crippen molar-refractivity contribution >= 4 is 45.5 Å². The van der Waals surface area contributed by atoms with Gasteiger partial charge in [-0.05, 0) is 55.7 Å². The molecular formula is C28H27F3N8O2S. The number of nitrogens with one attached hydrogen (secondary N) is 2. The van der Waals surface area contributed by atoms with Crippen LogP contribution in [0.15, 0.2) is 53.8 Å². The number of carbonyl (C=O) groups is 2. The van der Waals surface area contributed by atoms with Crippen LogP contribution in [0, 0.1) is 6.92 Å². The molecule has 218 valence electrons. The zero-order chi connectivity index (χ0) is 30.0. The standard InChI is InChI=1S/C28H27F3N8O2S/c1-16-7-8-18(10-23(16)39-15-22(36-37-39)24-14-32-27(42-24)33-17(2)40)26(41)35-21-12-19(28(29,30)31)11-20(13-21)34-25-6-4-5-9-38(25)3/h7-8,10-15H,4-6,9H2,1-3H3,(H,35,41)(H,32,33,40)/b34-25+. The zero-order valence-electron chi connectivity index (χ0n) is 23.0. The summed E-state index contributed by atoms with van der Waals surface area (Å²) in [6, 6.07) is 8.21. The number of benzene rings is 2. The Bertz CT molecular complexity index is 1680. The largest absolute Gasteiger partial charge is 0.416 e. The summed E-state index contributed by atoms with van der Waals surface area (Å²) >= 11 is 1.24. The Morgan fingerprint density at radius 2 is 1.90 bits per heavy atom. The molecule has 1 fully saturated rings. The Hall–Kier alpha value is -4.59. The summed E-state index contributed by atoms with van der Waals surface area (Å²) in [4.78, 5) is 35.7. The highest BCUT2D eigenvalue weighted by molar-refractivity contribution is 7.19. The van der Waals surface area contributed by atoms with Crippen LogP contribution in [0.4, 0.5) is 29.7 Å². The fourth-order valence-corrected chi connectivity index (χ4v) is 5.26. The van der Waals surface area contributed by atoms with Gasteiger partial charge in [-0.2, -0.15) is 13.2 Å². The number of nitrogens with zero attached hydrogens (tertiary/aromatic N) is 6. The highest BCUT2D eigenvalue weighted by atomic mass is 32.1. The van der Waals surface area contributed by atoms with Crippen LogP contribution in [-0.4, -0.2) is 56.1 Å². The Balaban J connectivity index is 1.40. The third-order valence-corrected chi connectivity index (χ3v) is 7.53. The van der Waals surface area contributed by atoms with Gasteiger partial charge in [0.05, 0.1) is 28.0 Å². The molecule has 10 nitrogen and oxygen atoms in total. The van der Waals surface area contributed by atoms with E-state index < -0.39 is 17.6 Å². The number of rotatable bonds is 6. The van der Waals surface area contributed by atoms with Gasteiger partial charge in [0.15, 0.2) is 5.13 Å². The molecule has 14 heteroatoms. The second-order valence-electron chi connectivity index (χ2n) is 9.89. The maximum atomic E-state index is 13.7. The number of amides is 2. The Morgan fingerprint density at radius 1 is 1.10 bits per heavy atom. The second kappa shape index (κ2) is 11.7. The number of aliphatic imine (C=N–C) groups is 1. The van der Waals surface area contributed by atoms with E-state index in [9.17, 15) is 22.8 Å². The van der Waals surface area contributed by atoms with Gasteiger partial charge in [0.1, 0.15) is 11.5 Å². The maximum absolute atomic E-state index is 13.7. The number of anilines is 2. The van der Waals surface area contributed by atoms with Crippen LogP contribution in [0.1, 0.15) is 47.7 Å². The van der Waals surface area contributed by atoms with Gasteiger partial charge in [-0.25, -0.2) is 14.7 Å². The van der Waals surface area contributed by atoms with Crippen molar-refractivity contribution in [3.05, 3.63) is 65.5 Å². The van der Waals surface area contributed by atoms with E-state index in [0.29, 0.717) is 33.6 Å². The summed E-state index contributed by atoms with van der Waals surface area (Å²) in [6.45, 7) is 4.01. The quantitative estimate of drug-likeness (QED) is 0.279. The van der Waals surface area contributed by atoms with Crippen molar-refractivity contribution < 1.29 is 22.8 Å². The predicted molar refractivity (Wildman–Crippen MR) is 154 cm³/mol. The molecule has 0 spiro atoms. The third kappa shape index (κ3) is 6.65. The van der Waals surface area contributed by atoms with Crippen LogP contribution in [0.5, 0.6) is 0 Å². The molecule has 0 bridgehead atoms. The summed E-state index contributed by atoms with van der Waals surface area (Å²) in [5, 5.41) is 14.0. The van der Waals surface area contributed by atoms with Crippen molar-refractivity contribution in [2.45, 2.75) is 39.3 Å². The van der Waals surface area contributed by atoms with Crippen molar-refractivity contribution in [1.29, 1.82) is 0 Å². The molecule has 5 rings (SSSR count). The lowest BCUT2D eigenvalue weighted by Gasteiger charge is -2.26. The van der Waals surface area contributed by atoms with Gasteiger partial charge in [-0.3, -0.25) is 9.59 Å². The van der Waals surface area contributed by atoms with Crippen LogP contribution in [0.3, 0.4) is 0 Å². The zero-order valence-corrected chi connectivity index (χ0v) is 23.8. The monoisotopic (exact) mass is 596 g/mol. The Kier molecular flexibility index (Phi) is 8.07. The number of likely N-dealkylation sites (tertiary alicyclic amines) is 1. The number of hydrogen-bond donors (Lipinski definition) is 2. The molecule has 0 saturated carbocycles. The summed E-state index contributed by atoms with van der Waals surface area (Å²) in [5.41, 5.74) is 1.29. The molecule has 2 N–H and O–H groups in total. The number of aryl methyl sites for hydroxylation is 1. The number of thiazole rings is 1. The highest BCUT2D eigenvalue weighted by Crippen LogP contribution is 2.35. The number of amidine groups is 1. The maximum Gasteiger partial charge on any atom is 0.416 e. The van der Waals surface area contributed by atoms with E-state index >= 15 is 0 Å².